The van der Waals surface area contributed by atoms with Crippen LogP contribution in [0.2, 0.25) is 0 Å². The SMILES string of the molecule is CC(C)(C)NS(=O)(=O)NC1CCCCC1N. The normalized spacial score (nSPS) is 28.0. The van der Waals surface area contributed by atoms with Crippen LogP contribution in [0.25, 0.3) is 0 Å². The van der Waals surface area contributed by atoms with Gasteiger partial charge in [0.2, 0.25) is 0 Å². The highest BCUT2D eigenvalue weighted by atomic mass is 32.2. The summed E-state index contributed by atoms with van der Waals surface area (Å²) in [5.74, 6) is 0. The molecule has 16 heavy (non-hydrogen) atoms. The minimum Gasteiger partial charge on any atom is -0.326 e. The van der Waals surface area contributed by atoms with E-state index in [0.29, 0.717) is 0 Å². The maximum atomic E-state index is 11.8. The van der Waals surface area contributed by atoms with Gasteiger partial charge in [0, 0.05) is 17.6 Å². The predicted molar refractivity (Wildman–Crippen MR) is 65.2 cm³/mol. The standard InChI is InChI=1S/C10H23N3O2S/c1-10(2,3)13-16(14,15)12-9-7-5-4-6-8(9)11/h8-9,12-13H,4-7,11H2,1-3H3. The molecule has 0 aromatic rings. The van der Waals surface area contributed by atoms with Crippen molar-refractivity contribution in [2.45, 2.75) is 64.1 Å². The van der Waals surface area contributed by atoms with Gasteiger partial charge in [0.1, 0.15) is 0 Å². The summed E-state index contributed by atoms with van der Waals surface area (Å²) in [5, 5.41) is 0. The van der Waals surface area contributed by atoms with Crippen LogP contribution in [0.5, 0.6) is 0 Å². The van der Waals surface area contributed by atoms with E-state index in [1.54, 1.807) is 0 Å². The van der Waals surface area contributed by atoms with Crippen molar-refractivity contribution in [2.24, 2.45) is 5.73 Å². The molecule has 0 aliphatic heterocycles. The van der Waals surface area contributed by atoms with E-state index in [1.165, 1.54) is 0 Å². The van der Waals surface area contributed by atoms with Gasteiger partial charge in [-0.05, 0) is 33.6 Å². The number of nitrogens with one attached hydrogen (secondary N) is 2. The molecule has 0 aromatic heterocycles. The molecule has 4 N–H and O–H groups in total. The molecule has 1 saturated carbocycles. The van der Waals surface area contributed by atoms with Crippen LogP contribution < -0.4 is 15.2 Å². The predicted octanol–water partition coefficient (Wildman–Crippen LogP) is 0.479. The van der Waals surface area contributed by atoms with E-state index in [2.05, 4.69) is 9.44 Å². The summed E-state index contributed by atoms with van der Waals surface area (Å²) in [6.45, 7) is 5.44. The third-order valence-corrected chi connectivity index (χ3v) is 4.06. The molecule has 1 aliphatic rings. The number of hydrogen-bond donors (Lipinski definition) is 3. The summed E-state index contributed by atoms with van der Waals surface area (Å²) in [5.41, 5.74) is 5.43. The molecule has 6 heteroatoms. The molecule has 0 spiro atoms. The van der Waals surface area contributed by atoms with Gasteiger partial charge in [-0.15, -0.1) is 0 Å². The molecule has 1 aliphatic carbocycles. The first-order chi connectivity index (χ1) is 7.20. The van der Waals surface area contributed by atoms with E-state index in [1.807, 2.05) is 20.8 Å². The highest BCUT2D eigenvalue weighted by Gasteiger charge is 2.28. The molecular formula is C10H23N3O2S. The molecule has 0 radical (unpaired) electrons. The van der Waals surface area contributed by atoms with Crippen molar-refractivity contribution in [1.82, 2.24) is 9.44 Å². The van der Waals surface area contributed by atoms with E-state index in [9.17, 15) is 8.42 Å². The Morgan fingerprint density at radius 3 is 2.25 bits per heavy atom. The Labute approximate surface area is 98.4 Å². The first-order valence-electron chi connectivity index (χ1n) is 5.76. The Bertz CT molecular complexity index is 321. The van der Waals surface area contributed by atoms with E-state index < -0.39 is 15.7 Å². The Morgan fingerprint density at radius 2 is 1.75 bits per heavy atom. The fourth-order valence-electron chi connectivity index (χ4n) is 1.94. The van der Waals surface area contributed by atoms with E-state index >= 15 is 0 Å². The van der Waals surface area contributed by atoms with Crippen molar-refractivity contribution >= 4 is 10.2 Å². The minimum atomic E-state index is -3.45. The minimum absolute atomic E-state index is 0.0645. The third-order valence-electron chi connectivity index (χ3n) is 2.57. The fourth-order valence-corrected chi connectivity index (χ4v) is 3.49. The van der Waals surface area contributed by atoms with Gasteiger partial charge in [-0.25, -0.2) is 0 Å². The van der Waals surface area contributed by atoms with Crippen molar-refractivity contribution in [1.29, 1.82) is 0 Å². The van der Waals surface area contributed by atoms with Crippen LogP contribution in [0.4, 0.5) is 0 Å². The van der Waals surface area contributed by atoms with Crippen molar-refractivity contribution in [2.75, 3.05) is 0 Å². The van der Waals surface area contributed by atoms with Crippen molar-refractivity contribution in [3.05, 3.63) is 0 Å². The molecule has 1 fully saturated rings. The molecular weight excluding hydrogens is 226 g/mol. The van der Waals surface area contributed by atoms with Gasteiger partial charge in [-0.2, -0.15) is 17.9 Å². The lowest BCUT2D eigenvalue weighted by atomic mass is 9.92. The first kappa shape index (κ1) is 13.9. The lowest BCUT2D eigenvalue weighted by Gasteiger charge is -2.30. The second-order valence-corrected chi connectivity index (χ2v) is 6.97. The van der Waals surface area contributed by atoms with Gasteiger partial charge < -0.3 is 5.73 Å². The monoisotopic (exact) mass is 249 g/mol. The fraction of sp³-hybridized carbons (Fsp3) is 1.00. The lowest BCUT2D eigenvalue weighted by molar-refractivity contribution is 0.356. The molecule has 0 amide bonds. The van der Waals surface area contributed by atoms with Crippen LogP contribution in [0.15, 0.2) is 0 Å². The zero-order valence-electron chi connectivity index (χ0n) is 10.3. The largest absolute Gasteiger partial charge is 0.326 e. The second-order valence-electron chi connectivity index (χ2n) is 5.53. The molecule has 0 heterocycles. The van der Waals surface area contributed by atoms with E-state index in [4.69, 9.17) is 5.73 Å². The average Bonchev–Trinajstić information content (AvgIpc) is 2.04. The number of hydrogen-bond acceptors (Lipinski definition) is 3. The van der Waals surface area contributed by atoms with Crippen LogP contribution in [-0.2, 0) is 10.2 Å². The number of rotatable bonds is 3. The molecule has 0 bridgehead atoms. The van der Waals surface area contributed by atoms with Gasteiger partial charge in [0.25, 0.3) is 10.2 Å². The Balaban J connectivity index is 2.58. The zero-order chi connectivity index (χ0) is 12.4. The maximum absolute atomic E-state index is 11.8. The quantitative estimate of drug-likeness (QED) is 0.680. The van der Waals surface area contributed by atoms with Crippen molar-refractivity contribution in [3.8, 4) is 0 Å². The van der Waals surface area contributed by atoms with Crippen LogP contribution in [-0.4, -0.2) is 26.0 Å². The van der Waals surface area contributed by atoms with Crippen molar-refractivity contribution < 1.29 is 8.42 Å². The zero-order valence-corrected chi connectivity index (χ0v) is 11.1. The maximum Gasteiger partial charge on any atom is 0.277 e. The highest BCUT2D eigenvalue weighted by Crippen LogP contribution is 2.17. The summed E-state index contributed by atoms with van der Waals surface area (Å²) >= 11 is 0. The molecule has 0 saturated heterocycles. The van der Waals surface area contributed by atoms with Gasteiger partial charge in [-0.3, -0.25) is 0 Å². The van der Waals surface area contributed by atoms with E-state index in [-0.39, 0.29) is 12.1 Å². The molecule has 5 nitrogen and oxygen atoms in total. The third kappa shape index (κ3) is 4.78. The van der Waals surface area contributed by atoms with Crippen LogP contribution in [0, 0.1) is 0 Å². The lowest BCUT2D eigenvalue weighted by Crippen LogP contribution is -2.55. The molecule has 96 valence electrons. The average molecular weight is 249 g/mol. The van der Waals surface area contributed by atoms with Crippen LogP contribution in [0.1, 0.15) is 46.5 Å². The molecule has 2 unspecified atom stereocenters. The Kier molecular flexibility index (Phi) is 4.34. The smallest absolute Gasteiger partial charge is 0.277 e. The topological polar surface area (TPSA) is 84.2 Å². The Morgan fingerprint density at radius 1 is 1.19 bits per heavy atom. The Hall–Kier alpha value is -0.170. The van der Waals surface area contributed by atoms with Gasteiger partial charge in [-0.1, -0.05) is 12.8 Å². The first-order valence-corrected chi connectivity index (χ1v) is 7.25. The van der Waals surface area contributed by atoms with Gasteiger partial charge in [0.05, 0.1) is 0 Å². The summed E-state index contributed by atoms with van der Waals surface area (Å²) in [6, 6.07) is -0.195. The van der Waals surface area contributed by atoms with Crippen molar-refractivity contribution in [3.63, 3.8) is 0 Å². The number of nitrogens with two attached hydrogens (primary N) is 1. The second kappa shape index (κ2) is 5.00. The summed E-state index contributed by atoms with van der Waals surface area (Å²) in [6.07, 6.45) is 3.84. The highest BCUT2D eigenvalue weighted by molar-refractivity contribution is 7.87. The summed E-state index contributed by atoms with van der Waals surface area (Å²) < 4.78 is 28.8. The molecule has 0 aromatic carbocycles. The summed E-state index contributed by atoms with van der Waals surface area (Å²) in [7, 11) is -3.45. The molecule has 1 rings (SSSR count). The van der Waals surface area contributed by atoms with Gasteiger partial charge >= 0.3 is 0 Å². The van der Waals surface area contributed by atoms with Crippen LogP contribution in [0.3, 0.4) is 0 Å². The van der Waals surface area contributed by atoms with Gasteiger partial charge in [0.15, 0.2) is 0 Å². The summed E-state index contributed by atoms with van der Waals surface area (Å²) in [4.78, 5) is 0. The van der Waals surface area contributed by atoms with E-state index in [0.717, 1.165) is 25.7 Å². The van der Waals surface area contributed by atoms with Crippen LogP contribution >= 0.6 is 0 Å². The molecule has 2 atom stereocenters.